The molecule has 0 aromatic heterocycles. The molecular weight excluding hydrogens is 410 g/mol. The third-order valence-electron chi connectivity index (χ3n) is 3.71. The second-order valence-corrected chi connectivity index (χ2v) is 7.62. The molecule has 162 valence electrons. The summed E-state index contributed by atoms with van der Waals surface area (Å²) in [7, 11) is 4.89. The first-order valence-corrected chi connectivity index (χ1v) is 10.3. The van der Waals surface area contributed by atoms with Crippen LogP contribution in [0, 0.1) is 5.92 Å². The third-order valence-corrected chi connectivity index (χ3v) is 3.71. The van der Waals surface area contributed by atoms with Crippen molar-refractivity contribution in [1.29, 1.82) is 0 Å². The first-order chi connectivity index (χ1) is 13.8. The van der Waals surface area contributed by atoms with Crippen LogP contribution in [0.15, 0.2) is 34.8 Å². The lowest BCUT2D eigenvalue weighted by atomic mass is 10.0. The number of benzene rings is 1. The van der Waals surface area contributed by atoms with Crippen LogP contribution in [0.3, 0.4) is 0 Å². The summed E-state index contributed by atoms with van der Waals surface area (Å²) < 4.78 is 8.30. The zero-order valence-electron chi connectivity index (χ0n) is 17.2. The van der Waals surface area contributed by atoms with E-state index in [2.05, 4.69) is 33.6 Å². The summed E-state index contributed by atoms with van der Waals surface area (Å²) >= 11 is 0. The van der Waals surface area contributed by atoms with Crippen LogP contribution in [0.1, 0.15) is 32.8 Å². The minimum Gasteiger partial charge on any atom is -0.464 e. The molecule has 0 heterocycles. The maximum Gasteiger partial charge on any atom is 0.328 e. The Morgan fingerprint density at radius 2 is 1.76 bits per heavy atom. The van der Waals surface area contributed by atoms with E-state index in [1.807, 2.05) is 44.2 Å². The van der Waals surface area contributed by atoms with Gasteiger partial charge in [-0.1, -0.05) is 44.2 Å². The molecule has 0 aliphatic heterocycles. The fourth-order valence-corrected chi connectivity index (χ4v) is 2.51. The molecule has 0 aliphatic carbocycles. The van der Waals surface area contributed by atoms with Crippen molar-refractivity contribution in [2.75, 3.05) is 13.2 Å². The number of amides is 2. The molecule has 1 aromatic rings. The van der Waals surface area contributed by atoms with Crippen LogP contribution in [0.4, 0.5) is 0 Å². The van der Waals surface area contributed by atoms with Gasteiger partial charge in [0.15, 0.2) is 0 Å². The number of nitrogens with zero attached hydrogens (tertiary/aromatic N) is 1. The highest BCUT2D eigenvalue weighted by atomic mass is 31.1. The third kappa shape index (κ3) is 12.3. The normalized spacial score (nSPS) is 12.1. The van der Waals surface area contributed by atoms with Gasteiger partial charge in [-0.25, -0.2) is 4.79 Å². The number of carbonyl (C=O) groups excluding carboxylic acids is 3. The smallest absolute Gasteiger partial charge is 0.328 e. The summed E-state index contributed by atoms with van der Waals surface area (Å²) in [6.45, 7) is 5.62. The topological polar surface area (TPSA) is 123 Å². The number of esters is 1. The molecule has 10 heteroatoms. The summed E-state index contributed by atoms with van der Waals surface area (Å²) in [5.41, 5.74) is 6.22. The predicted molar refractivity (Wildman–Crippen MR) is 120 cm³/mol. The lowest BCUT2D eigenvalue weighted by Gasteiger charge is -2.23. The lowest BCUT2D eigenvalue weighted by Crippen LogP contribution is -2.53. The van der Waals surface area contributed by atoms with Crippen LogP contribution >= 0.6 is 18.4 Å². The van der Waals surface area contributed by atoms with Crippen LogP contribution in [0.2, 0.25) is 0 Å². The molecule has 1 aromatic carbocycles. The van der Waals surface area contributed by atoms with Crippen LogP contribution in [-0.2, 0) is 25.5 Å². The van der Waals surface area contributed by atoms with Gasteiger partial charge in [-0.3, -0.25) is 14.1 Å². The largest absolute Gasteiger partial charge is 0.464 e. The van der Waals surface area contributed by atoms with Gasteiger partial charge in [0, 0.05) is 6.42 Å². The highest BCUT2D eigenvalue weighted by molar-refractivity contribution is 7.23. The van der Waals surface area contributed by atoms with Gasteiger partial charge in [-0.15, -0.1) is 0 Å². The van der Waals surface area contributed by atoms with Crippen LogP contribution in [0.5, 0.6) is 0 Å². The minimum absolute atomic E-state index is 0.180. The number of ether oxygens (including phenoxy) is 1. The fourth-order valence-electron chi connectivity index (χ4n) is 2.51. The molecule has 0 aliphatic rings. The zero-order chi connectivity index (χ0) is 22.2. The van der Waals surface area contributed by atoms with E-state index in [0.29, 0.717) is 12.8 Å². The second kappa shape index (κ2) is 16.0. The van der Waals surface area contributed by atoms with Crippen LogP contribution < -0.4 is 16.4 Å². The van der Waals surface area contributed by atoms with Gasteiger partial charge in [-0.05, 0) is 43.2 Å². The maximum atomic E-state index is 12.7. The average Bonchev–Trinajstić information content (AvgIpc) is 2.68. The second-order valence-electron chi connectivity index (χ2n) is 6.59. The van der Waals surface area contributed by atoms with Crippen molar-refractivity contribution in [2.24, 2.45) is 16.2 Å². The Hall–Kier alpha value is -1.88. The van der Waals surface area contributed by atoms with Crippen LogP contribution in [0.25, 0.3) is 0 Å². The summed E-state index contributed by atoms with van der Waals surface area (Å²) in [5, 5.41) is 5.33. The van der Waals surface area contributed by atoms with Crippen molar-refractivity contribution in [3.63, 3.8) is 0 Å². The van der Waals surface area contributed by atoms with Crippen molar-refractivity contribution in [1.82, 2.24) is 10.6 Å². The fraction of sp³-hybridized carbons (Fsp3) is 0.526. The highest BCUT2D eigenvalue weighted by Crippen LogP contribution is 2.08. The Kier molecular flexibility index (Phi) is 14.9. The van der Waals surface area contributed by atoms with Crippen molar-refractivity contribution in [3.05, 3.63) is 35.9 Å². The summed E-state index contributed by atoms with van der Waals surface area (Å²) in [6, 6.07) is 7.78. The number of carbonyl (C=O) groups is 3. The lowest BCUT2D eigenvalue weighted by molar-refractivity contribution is -0.147. The van der Waals surface area contributed by atoms with Crippen molar-refractivity contribution >= 4 is 36.2 Å². The molecule has 8 nitrogen and oxygen atoms in total. The van der Waals surface area contributed by atoms with Gasteiger partial charge in [0.2, 0.25) is 11.8 Å². The van der Waals surface area contributed by atoms with E-state index in [1.165, 1.54) is 0 Å². The van der Waals surface area contributed by atoms with Gasteiger partial charge in [-0.2, -0.15) is 0 Å². The van der Waals surface area contributed by atoms with Gasteiger partial charge in [0.05, 0.1) is 13.2 Å². The van der Waals surface area contributed by atoms with E-state index in [-0.39, 0.29) is 19.1 Å². The molecule has 0 radical (unpaired) electrons. The summed E-state index contributed by atoms with van der Waals surface area (Å²) in [4.78, 5) is 36.5. The molecule has 0 bridgehead atoms. The molecule has 4 N–H and O–H groups in total. The first kappa shape index (κ1) is 27.1. The van der Waals surface area contributed by atoms with Gasteiger partial charge >= 0.3 is 5.97 Å². The van der Waals surface area contributed by atoms with Gasteiger partial charge < -0.3 is 21.1 Å². The van der Waals surface area contributed by atoms with E-state index in [9.17, 15) is 14.4 Å². The molecule has 1 rings (SSSR count). The molecule has 29 heavy (non-hydrogen) atoms. The van der Waals surface area contributed by atoms with Gasteiger partial charge in [0.25, 0.3) is 0 Å². The number of hydrogen-bond donors (Lipinski definition) is 3. The standard InChI is InChI=1S/C19H29N3O4.H3NP2/c1-4-26-19(25)16(11-14-8-6-5-7-9-14)22-18(24)15(10-13(2)3)21-17(23)12-20;2-1-3/h5-9,13,15-16H,4,10-12,20H2,1-3H3,(H,21,23)(H,22,24);2H,3H2/t15-,16-;/m0./s1. The molecule has 3 atom stereocenters. The predicted octanol–water partition coefficient (Wildman–Crippen LogP) is 1.87. The summed E-state index contributed by atoms with van der Waals surface area (Å²) in [6.07, 6.45) is 0.753. The van der Waals surface area contributed by atoms with Gasteiger partial charge in [0.1, 0.15) is 12.1 Å². The summed E-state index contributed by atoms with van der Waals surface area (Å²) in [5.74, 6) is -1.16. The number of rotatable bonds is 10. The van der Waals surface area contributed by atoms with E-state index < -0.39 is 29.9 Å². The zero-order valence-corrected chi connectivity index (χ0v) is 19.3. The molecule has 0 saturated carbocycles. The van der Waals surface area contributed by atoms with E-state index in [1.54, 1.807) is 6.92 Å². The maximum absolute atomic E-state index is 12.7. The highest BCUT2D eigenvalue weighted by Gasteiger charge is 2.28. The molecule has 1 unspecified atom stereocenters. The SMILES string of the molecule is CCOC(=O)[C@H](Cc1ccccc1)NC(=O)[C@H](CC(C)C)NC(=O)CN.P=NP. The molecule has 0 saturated heterocycles. The van der Waals surface area contributed by atoms with E-state index >= 15 is 0 Å². The number of nitrogens with two attached hydrogens (primary N) is 1. The average molecular weight is 442 g/mol. The van der Waals surface area contributed by atoms with E-state index in [4.69, 9.17) is 10.5 Å². The molecule has 0 spiro atoms. The molecular formula is C19H32N4O4P2. The van der Waals surface area contributed by atoms with Crippen LogP contribution in [-0.4, -0.2) is 43.0 Å². The Labute approximate surface area is 177 Å². The van der Waals surface area contributed by atoms with Crippen molar-refractivity contribution < 1.29 is 19.1 Å². The molecule has 2 amide bonds. The molecule has 0 fully saturated rings. The number of hydrogen-bond acceptors (Lipinski definition) is 6. The Morgan fingerprint density at radius 1 is 1.17 bits per heavy atom. The quantitative estimate of drug-likeness (QED) is 0.377. The Morgan fingerprint density at radius 3 is 2.24 bits per heavy atom. The Balaban J connectivity index is 0.00000245. The van der Waals surface area contributed by atoms with Crippen molar-refractivity contribution in [2.45, 2.75) is 45.7 Å². The first-order valence-electron chi connectivity index (χ1n) is 9.35. The van der Waals surface area contributed by atoms with E-state index in [0.717, 1.165) is 5.56 Å². The minimum atomic E-state index is -0.825. The van der Waals surface area contributed by atoms with Crippen molar-refractivity contribution in [3.8, 4) is 0 Å². The monoisotopic (exact) mass is 442 g/mol. The number of nitrogens with one attached hydrogen (secondary N) is 2. The Bertz CT molecular complexity index is 644.